The summed E-state index contributed by atoms with van der Waals surface area (Å²) in [6, 6.07) is 3.01. The van der Waals surface area contributed by atoms with Crippen molar-refractivity contribution in [2.24, 2.45) is 10.9 Å². The van der Waals surface area contributed by atoms with Crippen LogP contribution in [0.2, 0.25) is 0 Å². The Morgan fingerprint density at radius 2 is 1.67 bits per heavy atom. The first-order valence-electron chi connectivity index (χ1n) is 13.3. The highest BCUT2D eigenvalue weighted by molar-refractivity contribution is 6.12. The van der Waals surface area contributed by atoms with Gasteiger partial charge in [0.15, 0.2) is 11.6 Å². The van der Waals surface area contributed by atoms with Crippen LogP contribution in [0.1, 0.15) is 24.4 Å². The third kappa shape index (κ3) is 7.05. The fourth-order valence-corrected chi connectivity index (χ4v) is 5.20. The number of methoxy groups -OCH3 is 2. The Labute approximate surface area is 239 Å². The van der Waals surface area contributed by atoms with E-state index in [1.807, 2.05) is 4.90 Å². The number of nitrogens with zero attached hydrogens (tertiary/aromatic N) is 3. The number of piperidine rings is 1. The van der Waals surface area contributed by atoms with Gasteiger partial charge in [-0.05, 0) is 42.7 Å². The second-order valence-corrected chi connectivity index (χ2v) is 9.88. The second-order valence-electron chi connectivity index (χ2n) is 9.88. The zero-order valence-corrected chi connectivity index (χ0v) is 23.0. The largest absolute Gasteiger partial charge is 0.468 e. The number of anilines is 1. The minimum absolute atomic E-state index is 0.0145. The molecule has 10 nitrogen and oxygen atoms in total. The van der Waals surface area contributed by atoms with Crippen LogP contribution < -0.4 is 15.5 Å². The number of esters is 1. The third-order valence-corrected chi connectivity index (χ3v) is 7.19. The molecule has 2 heterocycles. The highest BCUT2D eigenvalue weighted by atomic mass is 19.2. The van der Waals surface area contributed by atoms with E-state index in [9.17, 15) is 31.9 Å². The van der Waals surface area contributed by atoms with Gasteiger partial charge in [0.25, 0.3) is 0 Å². The Balaban J connectivity index is 1.40. The van der Waals surface area contributed by atoms with Gasteiger partial charge >= 0.3 is 18.0 Å². The van der Waals surface area contributed by atoms with Crippen LogP contribution in [0.25, 0.3) is 0 Å². The summed E-state index contributed by atoms with van der Waals surface area (Å²) >= 11 is 0. The molecule has 2 N–H and O–H groups in total. The van der Waals surface area contributed by atoms with Crippen LogP contribution in [0, 0.1) is 29.2 Å². The van der Waals surface area contributed by atoms with E-state index in [2.05, 4.69) is 15.6 Å². The van der Waals surface area contributed by atoms with E-state index >= 15 is 0 Å². The van der Waals surface area contributed by atoms with Crippen LogP contribution in [0.4, 0.5) is 32.8 Å². The van der Waals surface area contributed by atoms with Gasteiger partial charge in [-0.15, -0.1) is 0 Å². The summed E-state index contributed by atoms with van der Waals surface area (Å²) in [6.07, 6.45) is 1.37. The SMILES string of the molecule is COCC1=NC(=O)N(C(=O)NCCNC2CCN(c3cc(F)cc(F)c3)CC2)C(c2ccc(F)c(F)c2)C1C(=O)OC. The van der Waals surface area contributed by atoms with E-state index in [-0.39, 0.29) is 30.5 Å². The average Bonchev–Trinajstić information content (AvgIpc) is 2.96. The molecule has 2 aromatic rings. The molecule has 2 aromatic carbocycles. The summed E-state index contributed by atoms with van der Waals surface area (Å²) in [5.74, 6) is -5.82. The van der Waals surface area contributed by atoms with Gasteiger partial charge in [0, 0.05) is 51.1 Å². The molecule has 2 aliphatic rings. The Morgan fingerprint density at radius 3 is 2.29 bits per heavy atom. The molecule has 0 aliphatic carbocycles. The molecule has 226 valence electrons. The zero-order chi connectivity index (χ0) is 30.4. The maximum atomic E-state index is 14.2. The number of hydrogen-bond acceptors (Lipinski definition) is 7. The van der Waals surface area contributed by atoms with Crippen LogP contribution in [0.5, 0.6) is 0 Å². The van der Waals surface area contributed by atoms with Crippen LogP contribution >= 0.6 is 0 Å². The van der Waals surface area contributed by atoms with Gasteiger partial charge < -0.3 is 25.0 Å². The number of imide groups is 1. The van der Waals surface area contributed by atoms with E-state index < -0.39 is 53.3 Å². The molecule has 42 heavy (non-hydrogen) atoms. The molecule has 1 fully saturated rings. The predicted octanol–water partition coefficient (Wildman–Crippen LogP) is 3.56. The minimum Gasteiger partial charge on any atom is -0.468 e. The van der Waals surface area contributed by atoms with Gasteiger partial charge in [-0.1, -0.05) is 6.07 Å². The summed E-state index contributed by atoms with van der Waals surface area (Å²) in [6.45, 7) is 1.31. The van der Waals surface area contributed by atoms with Crippen LogP contribution in [0.3, 0.4) is 0 Å². The van der Waals surface area contributed by atoms with E-state index in [1.165, 1.54) is 25.3 Å². The molecule has 4 amide bonds. The molecule has 0 radical (unpaired) electrons. The normalized spacial score (nSPS) is 19.5. The van der Waals surface area contributed by atoms with Crippen molar-refractivity contribution in [2.45, 2.75) is 24.9 Å². The fraction of sp³-hybridized carbons (Fsp3) is 0.429. The topological polar surface area (TPSA) is 113 Å². The standard InChI is InChI=1S/C28H31F4N5O5/c1-41-15-23-24(26(38)42-2)25(16-3-4-21(31)22(32)11-16)37(28(40)35-23)27(39)34-8-7-33-19-5-9-36(10-6-19)20-13-17(29)12-18(30)14-20/h3-4,11-14,19,24-25,33H,5-10,15H2,1-2H3,(H,34,39). The Bertz CT molecular complexity index is 1330. The molecule has 1 saturated heterocycles. The van der Waals surface area contributed by atoms with Gasteiger partial charge in [0.2, 0.25) is 0 Å². The number of benzene rings is 2. The lowest BCUT2D eigenvalue weighted by molar-refractivity contribution is -0.144. The molecule has 14 heteroatoms. The predicted molar refractivity (Wildman–Crippen MR) is 144 cm³/mol. The number of hydrogen-bond donors (Lipinski definition) is 2. The summed E-state index contributed by atoms with van der Waals surface area (Å²) in [7, 11) is 2.44. The highest BCUT2D eigenvalue weighted by Gasteiger charge is 2.47. The van der Waals surface area contributed by atoms with E-state index in [0.717, 1.165) is 25.3 Å². The molecule has 2 unspecified atom stereocenters. The quantitative estimate of drug-likeness (QED) is 0.260. The molecule has 0 spiro atoms. The number of ether oxygens (including phenoxy) is 2. The second kappa shape index (κ2) is 13.7. The number of aliphatic imine (C=N–C) groups is 1. The first-order valence-corrected chi connectivity index (χ1v) is 13.3. The lowest BCUT2D eigenvalue weighted by atomic mass is 9.86. The molecular formula is C28H31F4N5O5. The van der Waals surface area contributed by atoms with Gasteiger partial charge in [-0.2, -0.15) is 4.99 Å². The molecule has 2 atom stereocenters. The summed E-state index contributed by atoms with van der Waals surface area (Å²) in [4.78, 5) is 45.5. The third-order valence-electron chi connectivity index (χ3n) is 7.19. The van der Waals surface area contributed by atoms with Crippen molar-refractivity contribution in [2.75, 3.05) is 51.9 Å². The Hall–Kier alpha value is -4.04. The number of carbonyl (C=O) groups is 3. The maximum absolute atomic E-state index is 14.2. The summed E-state index contributed by atoms with van der Waals surface area (Å²) in [5, 5.41) is 5.91. The molecule has 4 rings (SSSR count). The van der Waals surface area contributed by atoms with Crippen LogP contribution in [-0.4, -0.2) is 81.7 Å². The Morgan fingerprint density at radius 1 is 0.976 bits per heavy atom. The van der Waals surface area contributed by atoms with Gasteiger partial charge in [0.1, 0.15) is 17.6 Å². The van der Waals surface area contributed by atoms with Crippen molar-refractivity contribution in [1.29, 1.82) is 0 Å². The van der Waals surface area contributed by atoms with Crippen molar-refractivity contribution in [3.8, 4) is 0 Å². The summed E-state index contributed by atoms with van der Waals surface area (Å²) < 4.78 is 65.0. The van der Waals surface area contributed by atoms with Gasteiger partial charge in [-0.25, -0.2) is 32.1 Å². The van der Waals surface area contributed by atoms with Gasteiger partial charge in [-0.3, -0.25) is 4.79 Å². The first kappa shape index (κ1) is 30.9. The number of amides is 4. The molecule has 2 aliphatic heterocycles. The smallest absolute Gasteiger partial charge is 0.352 e. The molecular weight excluding hydrogens is 562 g/mol. The first-order chi connectivity index (χ1) is 20.1. The average molecular weight is 594 g/mol. The number of urea groups is 2. The van der Waals surface area contributed by atoms with Crippen molar-refractivity contribution in [1.82, 2.24) is 15.5 Å². The van der Waals surface area contributed by atoms with E-state index in [1.54, 1.807) is 0 Å². The highest BCUT2D eigenvalue weighted by Crippen LogP contribution is 2.36. The number of nitrogens with one attached hydrogen (secondary N) is 2. The summed E-state index contributed by atoms with van der Waals surface area (Å²) in [5.41, 5.74) is 0.433. The Kier molecular flexibility index (Phi) is 10.1. The van der Waals surface area contributed by atoms with Crippen molar-refractivity contribution in [3.05, 3.63) is 65.2 Å². The lowest BCUT2D eigenvalue weighted by Crippen LogP contribution is -2.54. The molecule has 0 saturated carbocycles. The van der Waals surface area contributed by atoms with Crippen molar-refractivity contribution in [3.63, 3.8) is 0 Å². The monoisotopic (exact) mass is 593 g/mol. The number of halogens is 4. The molecule has 0 aromatic heterocycles. The molecule has 0 bridgehead atoms. The van der Waals surface area contributed by atoms with Crippen LogP contribution in [-0.2, 0) is 14.3 Å². The maximum Gasteiger partial charge on any atom is 0.352 e. The van der Waals surface area contributed by atoms with E-state index in [4.69, 9.17) is 9.47 Å². The van der Waals surface area contributed by atoms with Gasteiger partial charge in [0.05, 0.1) is 25.5 Å². The van der Waals surface area contributed by atoms with Crippen LogP contribution in [0.15, 0.2) is 41.4 Å². The lowest BCUT2D eigenvalue weighted by Gasteiger charge is -2.37. The van der Waals surface area contributed by atoms with E-state index in [0.29, 0.717) is 43.1 Å². The number of rotatable bonds is 9. The fourth-order valence-electron chi connectivity index (χ4n) is 5.20. The minimum atomic E-state index is -1.38. The van der Waals surface area contributed by atoms with Crippen molar-refractivity contribution >= 4 is 29.4 Å². The van der Waals surface area contributed by atoms with Crippen molar-refractivity contribution < 1.29 is 41.4 Å². The number of carbonyl (C=O) groups excluding carboxylic acids is 3. The zero-order valence-electron chi connectivity index (χ0n) is 23.0.